The number of thiocarbonyl (C=S) groups is 1. The zero-order valence-corrected chi connectivity index (χ0v) is 19.0. The van der Waals surface area contributed by atoms with Gasteiger partial charge in [0.15, 0.2) is 5.11 Å². The van der Waals surface area contributed by atoms with Gasteiger partial charge in [0, 0.05) is 9.72 Å². The van der Waals surface area contributed by atoms with Gasteiger partial charge in [-0.05, 0) is 66.0 Å². The molecule has 1 amide bonds. The van der Waals surface area contributed by atoms with Crippen LogP contribution in [-0.4, -0.2) is 11.0 Å². The average Bonchev–Trinajstić information content (AvgIpc) is 3.10. The monoisotopic (exact) mass is 466 g/mol. The van der Waals surface area contributed by atoms with Crippen molar-refractivity contribution in [1.82, 2.24) is 5.32 Å². The molecule has 1 aromatic heterocycles. The van der Waals surface area contributed by atoms with Crippen LogP contribution < -0.4 is 15.4 Å². The summed E-state index contributed by atoms with van der Waals surface area (Å²) in [6.07, 6.45) is 0. The van der Waals surface area contributed by atoms with E-state index in [2.05, 4.69) is 10.6 Å². The maximum absolute atomic E-state index is 12.8. The van der Waals surface area contributed by atoms with Crippen LogP contribution in [0.5, 0.6) is 5.75 Å². The SMILES string of the molecule is Cc1c(C(=O)NC(=S)Nc2ccccc2OCc2ccccc2)sc2ccc(Cl)cc12. The van der Waals surface area contributed by atoms with Gasteiger partial charge in [-0.2, -0.15) is 0 Å². The summed E-state index contributed by atoms with van der Waals surface area (Å²) in [6.45, 7) is 2.34. The highest BCUT2D eigenvalue weighted by Crippen LogP contribution is 2.32. The lowest BCUT2D eigenvalue weighted by atomic mass is 10.1. The molecule has 0 fully saturated rings. The van der Waals surface area contributed by atoms with Crippen LogP contribution in [0.15, 0.2) is 72.8 Å². The standard InChI is InChI=1S/C24H19ClN2O2S2/c1-15-18-13-17(25)11-12-21(18)31-22(15)23(28)27-24(30)26-19-9-5-6-10-20(19)29-14-16-7-3-2-4-8-16/h2-13H,14H2,1H3,(H2,26,27,28,30). The van der Waals surface area contributed by atoms with Gasteiger partial charge in [0.25, 0.3) is 5.91 Å². The van der Waals surface area contributed by atoms with E-state index in [0.29, 0.717) is 27.9 Å². The van der Waals surface area contributed by atoms with Gasteiger partial charge in [-0.15, -0.1) is 11.3 Å². The molecule has 0 aliphatic rings. The minimum Gasteiger partial charge on any atom is -0.487 e. The topological polar surface area (TPSA) is 50.4 Å². The molecule has 0 atom stereocenters. The molecule has 0 aliphatic heterocycles. The fraction of sp³-hybridized carbons (Fsp3) is 0.0833. The van der Waals surface area contributed by atoms with E-state index in [4.69, 9.17) is 28.6 Å². The highest BCUT2D eigenvalue weighted by molar-refractivity contribution is 7.80. The molecule has 4 nitrogen and oxygen atoms in total. The number of carbonyl (C=O) groups excluding carboxylic acids is 1. The lowest BCUT2D eigenvalue weighted by molar-refractivity contribution is 0.0981. The van der Waals surface area contributed by atoms with Crippen LogP contribution >= 0.6 is 35.2 Å². The zero-order valence-electron chi connectivity index (χ0n) is 16.6. The molecule has 7 heteroatoms. The van der Waals surface area contributed by atoms with E-state index in [0.717, 1.165) is 21.2 Å². The Labute approximate surface area is 194 Å². The van der Waals surface area contributed by atoms with E-state index in [1.54, 1.807) is 0 Å². The van der Waals surface area contributed by atoms with Crippen molar-refractivity contribution in [3.8, 4) is 5.75 Å². The summed E-state index contributed by atoms with van der Waals surface area (Å²) < 4.78 is 6.94. The molecule has 0 saturated carbocycles. The van der Waals surface area contributed by atoms with Gasteiger partial charge in [0.05, 0.1) is 10.6 Å². The van der Waals surface area contributed by atoms with E-state index >= 15 is 0 Å². The maximum atomic E-state index is 12.8. The summed E-state index contributed by atoms with van der Waals surface area (Å²) in [7, 11) is 0. The summed E-state index contributed by atoms with van der Waals surface area (Å²) in [5, 5.41) is 7.65. The van der Waals surface area contributed by atoms with Crippen LogP contribution in [0, 0.1) is 6.92 Å². The number of aryl methyl sites for hydroxylation is 1. The van der Waals surface area contributed by atoms with Crippen LogP contribution in [0.4, 0.5) is 5.69 Å². The van der Waals surface area contributed by atoms with E-state index in [1.165, 1.54) is 11.3 Å². The smallest absolute Gasteiger partial charge is 0.267 e. The molecule has 0 aliphatic carbocycles. The van der Waals surface area contributed by atoms with Crippen LogP contribution in [0.25, 0.3) is 10.1 Å². The fourth-order valence-corrected chi connectivity index (χ4v) is 4.61. The van der Waals surface area contributed by atoms with Crippen LogP contribution in [0.1, 0.15) is 20.8 Å². The third-order valence-electron chi connectivity index (χ3n) is 4.70. The van der Waals surface area contributed by atoms with Crippen molar-refractivity contribution in [3.05, 3.63) is 93.8 Å². The number of anilines is 1. The number of rotatable bonds is 5. The molecule has 4 aromatic rings. The highest BCUT2D eigenvalue weighted by atomic mass is 35.5. The van der Waals surface area contributed by atoms with E-state index in [1.807, 2.05) is 79.7 Å². The number of hydrogen-bond acceptors (Lipinski definition) is 4. The number of para-hydroxylation sites is 2. The minimum atomic E-state index is -0.255. The Kier molecular flexibility index (Phi) is 6.51. The Bertz CT molecular complexity index is 1260. The molecule has 4 rings (SSSR count). The maximum Gasteiger partial charge on any atom is 0.267 e. The van der Waals surface area contributed by atoms with Crippen LogP contribution in [0.3, 0.4) is 0 Å². The third kappa shape index (κ3) is 5.05. The van der Waals surface area contributed by atoms with Crippen molar-refractivity contribution in [1.29, 1.82) is 0 Å². The van der Waals surface area contributed by atoms with Gasteiger partial charge in [0.1, 0.15) is 12.4 Å². The summed E-state index contributed by atoms with van der Waals surface area (Å²) in [5.41, 5.74) is 2.63. The second kappa shape index (κ2) is 9.47. The van der Waals surface area contributed by atoms with Gasteiger partial charge in [-0.25, -0.2) is 0 Å². The molecule has 0 bridgehead atoms. The van der Waals surface area contributed by atoms with Crippen molar-refractivity contribution in [3.63, 3.8) is 0 Å². The molecule has 0 saturated heterocycles. The van der Waals surface area contributed by atoms with Gasteiger partial charge in [0.2, 0.25) is 0 Å². The number of hydrogen-bond donors (Lipinski definition) is 2. The summed E-state index contributed by atoms with van der Waals surface area (Å²) in [6, 6.07) is 23.0. The van der Waals surface area contributed by atoms with Gasteiger partial charge in [-0.3, -0.25) is 10.1 Å². The fourth-order valence-electron chi connectivity index (χ4n) is 3.15. The molecule has 0 unspecified atom stereocenters. The number of thiophene rings is 1. The molecule has 31 heavy (non-hydrogen) atoms. The molecule has 3 aromatic carbocycles. The number of benzene rings is 3. The number of carbonyl (C=O) groups is 1. The molecule has 2 N–H and O–H groups in total. The second-order valence-electron chi connectivity index (χ2n) is 6.88. The lowest BCUT2D eigenvalue weighted by Crippen LogP contribution is -2.34. The first kappa shape index (κ1) is 21.3. The summed E-state index contributed by atoms with van der Waals surface area (Å²) in [4.78, 5) is 13.4. The molecular weight excluding hydrogens is 448 g/mol. The Hall–Kier alpha value is -2.93. The molecule has 0 spiro atoms. The third-order valence-corrected chi connectivity index (χ3v) is 6.41. The van der Waals surface area contributed by atoms with Crippen molar-refractivity contribution in [2.45, 2.75) is 13.5 Å². The average molecular weight is 467 g/mol. The van der Waals surface area contributed by atoms with E-state index in [9.17, 15) is 4.79 Å². The van der Waals surface area contributed by atoms with Crippen LogP contribution in [-0.2, 0) is 6.61 Å². The van der Waals surface area contributed by atoms with Gasteiger partial charge >= 0.3 is 0 Å². The molecule has 1 heterocycles. The van der Waals surface area contributed by atoms with Crippen molar-refractivity contribution >= 4 is 61.9 Å². The first-order valence-corrected chi connectivity index (χ1v) is 11.2. The van der Waals surface area contributed by atoms with Gasteiger partial charge in [-0.1, -0.05) is 54.1 Å². The minimum absolute atomic E-state index is 0.204. The molecule has 0 radical (unpaired) electrons. The Balaban J connectivity index is 1.44. The number of nitrogens with one attached hydrogen (secondary N) is 2. The van der Waals surface area contributed by atoms with Crippen molar-refractivity contribution in [2.75, 3.05) is 5.32 Å². The van der Waals surface area contributed by atoms with E-state index in [-0.39, 0.29) is 11.0 Å². The largest absolute Gasteiger partial charge is 0.487 e. The Morgan fingerprint density at radius 3 is 2.61 bits per heavy atom. The predicted molar refractivity (Wildman–Crippen MR) is 132 cm³/mol. The van der Waals surface area contributed by atoms with Gasteiger partial charge < -0.3 is 10.1 Å². The Morgan fingerprint density at radius 2 is 1.81 bits per heavy atom. The Morgan fingerprint density at radius 1 is 1.06 bits per heavy atom. The number of ether oxygens (including phenoxy) is 1. The van der Waals surface area contributed by atoms with Crippen molar-refractivity contribution in [2.24, 2.45) is 0 Å². The quantitative estimate of drug-likeness (QED) is 0.326. The number of halogens is 1. The normalized spacial score (nSPS) is 10.6. The summed E-state index contributed by atoms with van der Waals surface area (Å²) >= 11 is 12.9. The first-order chi connectivity index (χ1) is 15.0. The van der Waals surface area contributed by atoms with Crippen molar-refractivity contribution < 1.29 is 9.53 Å². The van der Waals surface area contributed by atoms with E-state index < -0.39 is 0 Å². The number of fused-ring (bicyclic) bond motifs is 1. The molecule has 156 valence electrons. The highest BCUT2D eigenvalue weighted by Gasteiger charge is 2.17. The second-order valence-corrected chi connectivity index (χ2v) is 8.77. The zero-order chi connectivity index (χ0) is 21.8. The summed E-state index contributed by atoms with van der Waals surface area (Å²) in [5.74, 6) is 0.394. The lowest BCUT2D eigenvalue weighted by Gasteiger charge is -2.14. The number of amides is 1. The molecular formula is C24H19ClN2O2S2. The predicted octanol–water partition coefficient (Wildman–Crippen LogP) is 6.57. The van der Waals surface area contributed by atoms with Crippen LogP contribution in [0.2, 0.25) is 5.02 Å². The first-order valence-electron chi connectivity index (χ1n) is 9.58.